The van der Waals surface area contributed by atoms with E-state index in [1.807, 2.05) is 88.4 Å². The van der Waals surface area contributed by atoms with Crippen LogP contribution in [-0.4, -0.2) is 11.9 Å². The average Bonchev–Trinajstić information content (AvgIpc) is 3.53. The third kappa shape index (κ3) is 5.88. The molecule has 11 heteroatoms. The normalized spacial score (nSPS) is 11.5. The molecule has 0 amide bonds. The van der Waals surface area contributed by atoms with Gasteiger partial charge in [-0.05, 0) is 0 Å². The molecular formula is C39H28NO7Y3. The molecule has 8 nitrogen and oxygen atoms in total. The molecule has 0 aliphatic heterocycles. The third-order valence-corrected chi connectivity index (χ3v) is 16.1. The van der Waals surface area contributed by atoms with Gasteiger partial charge >= 0.3 is 327 Å². The van der Waals surface area contributed by atoms with Crippen molar-refractivity contribution in [3.05, 3.63) is 116 Å². The van der Waals surface area contributed by atoms with Crippen molar-refractivity contribution >= 4 is 68.4 Å². The number of anilines is 1. The molecule has 2 aromatic heterocycles. The third-order valence-electron chi connectivity index (χ3n) is 9.64. The number of esters is 2. The summed E-state index contributed by atoms with van der Waals surface area (Å²) in [6, 6.07) is 18.7. The summed E-state index contributed by atoms with van der Waals surface area (Å²) in [5.41, 5.74) is 12.5. The van der Waals surface area contributed by atoms with Gasteiger partial charge in [0, 0.05) is 0 Å². The zero-order valence-electron chi connectivity index (χ0n) is 27.9. The molecule has 7 rings (SSSR count). The number of furan rings is 1. The topological polar surface area (TPSA) is 122 Å². The summed E-state index contributed by atoms with van der Waals surface area (Å²) in [7, 11) is 0. The molecule has 7 aromatic rings. The van der Waals surface area contributed by atoms with Gasteiger partial charge in [0.1, 0.15) is 0 Å². The monoisotopic (exact) mass is 889 g/mol. The first-order valence-electron chi connectivity index (χ1n) is 15.8. The molecule has 0 saturated carbocycles. The molecule has 0 saturated heterocycles. The molecule has 0 aliphatic rings. The first-order valence-corrected chi connectivity index (χ1v) is 20.1. The first kappa shape index (κ1) is 35.8. The summed E-state index contributed by atoms with van der Waals surface area (Å²) in [6.45, 7) is 7.83. The Bertz CT molecular complexity index is 2630. The molecule has 2 heterocycles. The van der Waals surface area contributed by atoms with Crippen LogP contribution in [0.1, 0.15) is 54.1 Å². The molecule has 0 spiro atoms. The summed E-state index contributed by atoms with van der Waals surface area (Å²) in [5.74, 6) is -1.47. The van der Waals surface area contributed by atoms with Crippen molar-refractivity contribution in [2.75, 3.05) is 5.73 Å². The van der Waals surface area contributed by atoms with Gasteiger partial charge in [-0.25, -0.2) is 0 Å². The predicted molar refractivity (Wildman–Crippen MR) is 181 cm³/mol. The Morgan fingerprint density at radius 1 is 0.580 bits per heavy atom. The first-order chi connectivity index (χ1) is 23.9. The number of carbonyl (C=O) groups is 2. The molecule has 0 bridgehead atoms. The van der Waals surface area contributed by atoms with Crippen LogP contribution in [0.2, 0.25) is 0 Å². The number of rotatable bonds is 6. The quantitative estimate of drug-likeness (QED) is 0.125. The Kier molecular flexibility index (Phi) is 10.1. The molecule has 0 atom stereocenters. The number of ether oxygens (including phenoxy) is 2. The number of nitrogens with two attached hydrogens (primary N) is 1. The second kappa shape index (κ2) is 14.1. The molecule has 5 aromatic carbocycles. The van der Waals surface area contributed by atoms with Crippen molar-refractivity contribution in [3.63, 3.8) is 0 Å². The Morgan fingerprint density at radius 2 is 1.10 bits per heavy atom. The van der Waals surface area contributed by atoms with Crippen LogP contribution in [0, 0.1) is 27.7 Å². The zero-order valence-corrected chi connectivity index (χ0v) is 36.4. The minimum atomic E-state index is -0.767. The Labute approximate surface area is 347 Å². The summed E-state index contributed by atoms with van der Waals surface area (Å²) >= 11 is 2.11. The van der Waals surface area contributed by atoms with Gasteiger partial charge < -0.3 is 0 Å². The van der Waals surface area contributed by atoms with Crippen LogP contribution < -0.4 is 18.5 Å². The second-order valence-electron chi connectivity index (χ2n) is 12.4. The second-order valence-corrected chi connectivity index (χ2v) is 16.6. The molecule has 2 N–H and O–H groups in total. The van der Waals surface area contributed by atoms with Gasteiger partial charge in [0.2, 0.25) is 0 Å². The number of nitrogen functional groups attached to an aromatic ring is 1. The van der Waals surface area contributed by atoms with Crippen molar-refractivity contribution in [3.8, 4) is 0 Å². The Balaban J connectivity index is 1.65. The average molecular weight is 889 g/mol. The number of fused-ring (bicyclic) bond motifs is 7. The van der Waals surface area contributed by atoms with Crippen molar-refractivity contribution < 1.29 is 121 Å². The van der Waals surface area contributed by atoms with Gasteiger partial charge in [0.15, 0.2) is 0 Å². The van der Waals surface area contributed by atoms with Gasteiger partial charge in [-0.2, -0.15) is 0 Å². The summed E-state index contributed by atoms with van der Waals surface area (Å²) in [4.78, 5) is 43.1. The van der Waals surface area contributed by atoms with Crippen LogP contribution in [0.25, 0.3) is 43.7 Å². The molecule has 240 valence electrons. The van der Waals surface area contributed by atoms with Gasteiger partial charge in [-0.1, -0.05) is 24.3 Å². The number of hydrogen-bond acceptors (Lipinski definition) is 8. The maximum absolute atomic E-state index is 14.5. The Morgan fingerprint density at radius 3 is 1.66 bits per heavy atom. The number of carbonyl (C=O) groups excluding carboxylic acids is 2. The SMILES string of the molecule is Cc1c(C)c(C)c2c(c1C)c(C(=O)OCc1ccccc1)c(C(=O)OCc1ccccc1)c1oc3c4[c]([Y])[c]([Y])c(N)[c]([Y])c4oc(=O)c3c12. The van der Waals surface area contributed by atoms with E-state index >= 15 is 0 Å². The van der Waals surface area contributed by atoms with E-state index in [9.17, 15) is 14.4 Å². The summed E-state index contributed by atoms with van der Waals surface area (Å²) in [5, 5.41) is 2.49. The van der Waals surface area contributed by atoms with Gasteiger partial charge in [-0.3, -0.25) is 0 Å². The molecule has 50 heavy (non-hydrogen) atoms. The molecule has 0 fully saturated rings. The molecule has 0 aliphatic carbocycles. The van der Waals surface area contributed by atoms with Crippen LogP contribution in [0.15, 0.2) is 74.3 Å². The number of hydrogen-bond donors (Lipinski definition) is 1. The van der Waals surface area contributed by atoms with E-state index < -0.39 is 17.6 Å². The van der Waals surface area contributed by atoms with E-state index in [-0.39, 0.29) is 35.3 Å². The Hall–Kier alpha value is -2.58. The molecule has 0 radical (unpaired) electrons. The van der Waals surface area contributed by atoms with Crippen LogP contribution in [0.5, 0.6) is 0 Å². The van der Waals surface area contributed by atoms with Crippen molar-refractivity contribution in [1.29, 1.82) is 0 Å². The number of benzene rings is 5. The standard InChI is InChI=1S/C39H28NO7.3Y/c1-20-21(2)23(4)30-29(22(20)3)31-33-35(27-16-15-26(40)17-28(27)46-39(33)43)47-36(31)34(38(42)45-19-25-13-9-6-10-14-25)32(30)37(41)44-18-24-11-7-5-8-12-24;;;/h5-14H,18-19,40H2,1-4H3;;;. The fourth-order valence-electron chi connectivity index (χ4n) is 6.66. The van der Waals surface area contributed by atoms with E-state index in [1.54, 1.807) is 0 Å². The summed E-state index contributed by atoms with van der Waals surface area (Å²) in [6.07, 6.45) is 0. The zero-order chi connectivity index (χ0) is 35.6. The van der Waals surface area contributed by atoms with Crippen molar-refractivity contribution in [2.24, 2.45) is 0 Å². The van der Waals surface area contributed by atoms with Crippen LogP contribution in [0.4, 0.5) is 5.69 Å². The van der Waals surface area contributed by atoms with E-state index in [0.717, 1.165) is 71.5 Å². The van der Waals surface area contributed by atoms with Crippen molar-refractivity contribution in [2.45, 2.75) is 40.9 Å². The summed E-state index contributed by atoms with van der Waals surface area (Å²) < 4.78 is 27.5. The van der Waals surface area contributed by atoms with Gasteiger partial charge in [0.25, 0.3) is 0 Å². The van der Waals surface area contributed by atoms with Gasteiger partial charge in [-0.15, -0.1) is 0 Å². The predicted octanol–water partition coefficient (Wildman–Crippen LogP) is 5.89. The van der Waals surface area contributed by atoms with Crippen LogP contribution >= 0.6 is 0 Å². The number of aryl methyl sites for hydroxylation is 2. The van der Waals surface area contributed by atoms with Crippen molar-refractivity contribution in [1.82, 2.24) is 0 Å². The van der Waals surface area contributed by atoms with E-state index in [0.29, 0.717) is 100 Å². The minimum absolute atomic E-state index is 0.00822. The van der Waals surface area contributed by atoms with Gasteiger partial charge in [0.05, 0.1) is 0 Å². The molecular weight excluding hydrogens is 861 g/mol. The maximum atomic E-state index is 14.5. The van der Waals surface area contributed by atoms with E-state index in [2.05, 4.69) is 0 Å². The fourth-order valence-corrected chi connectivity index (χ4v) is 10.3. The van der Waals surface area contributed by atoms with E-state index in [1.165, 1.54) is 0 Å². The van der Waals surface area contributed by atoms with Crippen LogP contribution in [-0.2, 0) is 116 Å². The van der Waals surface area contributed by atoms with Crippen LogP contribution in [0.3, 0.4) is 0 Å². The molecule has 0 unspecified atom stereocenters. The van der Waals surface area contributed by atoms with E-state index in [4.69, 9.17) is 24.0 Å². The fraction of sp³-hybridized carbons (Fsp3) is 0.154.